The van der Waals surface area contributed by atoms with Gasteiger partial charge in [-0.25, -0.2) is 13.2 Å². The first kappa shape index (κ1) is 23.0. The molecule has 1 heterocycles. The number of benzene rings is 1. The van der Waals surface area contributed by atoms with Gasteiger partial charge < -0.3 is 19.9 Å². The lowest BCUT2D eigenvalue weighted by Gasteiger charge is -2.25. The summed E-state index contributed by atoms with van der Waals surface area (Å²) in [5.74, 6) is -1.03. The second-order valence-electron chi connectivity index (χ2n) is 7.32. The van der Waals surface area contributed by atoms with Gasteiger partial charge in [0.1, 0.15) is 12.1 Å². The van der Waals surface area contributed by atoms with Gasteiger partial charge in [-0.1, -0.05) is 13.8 Å². The number of aliphatic carboxylic acids is 1. The maximum absolute atomic E-state index is 13.1. The van der Waals surface area contributed by atoms with E-state index in [4.69, 9.17) is 9.47 Å². The maximum Gasteiger partial charge on any atom is 0.326 e. The maximum atomic E-state index is 13.1. The number of hydrogen-bond donors (Lipinski definition) is 2. The summed E-state index contributed by atoms with van der Waals surface area (Å²) in [5.41, 5.74) is 0. The van der Waals surface area contributed by atoms with Crippen LogP contribution >= 0.6 is 0 Å². The van der Waals surface area contributed by atoms with Gasteiger partial charge in [-0.3, -0.25) is 4.79 Å². The van der Waals surface area contributed by atoms with Crippen LogP contribution in [0.2, 0.25) is 0 Å². The molecule has 1 aromatic rings. The van der Waals surface area contributed by atoms with Crippen molar-refractivity contribution in [2.24, 2.45) is 5.92 Å². The van der Waals surface area contributed by atoms with E-state index in [1.54, 1.807) is 0 Å². The van der Waals surface area contributed by atoms with E-state index in [-0.39, 0.29) is 29.5 Å². The monoisotopic (exact) mass is 428 g/mol. The van der Waals surface area contributed by atoms with Crippen LogP contribution in [0.4, 0.5) is 0 Å². The van der Waals surface area contributed by atoms with Crippen LogP contribution in [0.3, 0.4) is 0 Å². The minimum atomic E-state index is -3.98. The minimum Gasteiger partial charge on any atom is -0.493 e. The van der Waals surface area contributed by atoms with Crippen LogP contribution in [-0.4, -0.2) is 62.6 Å². The number of carboxylic acid groups (broad SMARTS) is 1. The van der Waals surface area contributed by atoms with Crippen LogP contribution < -0.4 is 14.8 Å². The summed E-state index contributed by atoms with van der Waals surface area (Å²) in [4.78, 5) is 24.2. The fourth-order valence-corrected chi connectivity index (χ4v) is 5.04. The van der Waals surface area contributed by atoms with Gasteiger partial charge in [0.2, 0.25) is 15.9 Å². The number of carboxylic acids is 1. The molecule has 1 amide bonds. The fraction of sp³-hybridized carbons (Fsp3) is 0.579. The molecular formula is C19H28N2O7S. The zero-order valence-electron chi connectivity index (χ0n) is 17.0. The van der Waals surface area contributed by atoms with Crippen molar-refractivity contribution in [3.05, 3.63) is 18.2 Å². The Kier molecular flexibility index (Phi) is 7.48. The highest BCUT2D eigenvalue weighted by molar-refractivity contribution is 7.89. The third-order valence-corrected chi connectivity index (χ3v) is 6.69. The summed E-state index contributed by atoms with van der Waals surface area (Å²) in [6, 6.07) is 2.21. The molecule has 1 aliphatic heterocycles. The van der Waals surface area contributed by atoms with Gasteiger partial charge in [0.05, 0.1) is 19.1 Å². The molecule has 0 bridgehead atoms. The number of carbonyl (C=O) groups is 2. The summed E-state index contributed by atoms with van der Waals surface area (Å²) in [6.45, 7) is 3.88. The lowest BCUT2D eigenvalue weighted by molar-refractivity contribution is -0.142. The highest BCUT2D eigenvalue weighted by atomic mass is 32.2. The number of nitrogens with zero attached hydrogens (tertiary/aromatic N) is 1. The van der Waals surface area contributed by atoms with E-state index in [0.717, 1.165) is 4.31 Å². The van der Waals surface area contributed by atoms with E-state index in [1.807, 2.05) is 13.8 Å². The first-order valence-corrected chi connectivity index (χ1v) is 10.8. The van der Waals surface area contributed by atoms with Crippen LogP contribution in [-0.2, 0) is 19.6 Å². The van der Waals surface area contributed by atoms with E-state index < -0.39 is 34.0 Å². The van der Waals surface area contributed by atoms with E-state index >= 15 is 0 Å². The summed E-state index contributed by atoms with van der Waals surface area (Å²) in [5, 5.41) is 11.8. The summed E-state index contributed by atoms with van der Waals surface area (Å²) < 4.78 is 37.7. The molecule has 10 heteroatoms. The Labute approximate surface area is 171 Å². The lowest BCUT2D eigenvalue weighted by atomic mass is 10.0. The third-order valence-electron chi connectivity index (χ3n) is 4.79. The number of methoxy groups -OCH3 is 2. The molecule has 9 nitrogen and oxygen atoms in total. The smallest absolute Gasteiger partial charge is 0.326 e. The average Bonchev–Trinajstić information content (AvgIpc) is 3.17. The number of sulfonamides is 1. The van der Waals surface area contributed by atoms with Crippen molar-refractivity contribution in [2.75, 3.05) is 20.8 Å². The summed E-state index contributed by atoms with van der Waals surface area (Å²) in [7, 11) is -1.13. The highest BCUT2D eigenvalue weighted by Crippen LogP contribution is 2.33. The van der Waals surface area contributed by atoms with Crippen LogP contribution in [0.15, 0.2) is 23.1 Å². The standard InChI is InChI=1S/C19H28N2O7S/c1-12(2)10-14(19(23)24)20-18(22)15-6-5-9-21(15)29(25,26)13-7-8-16(27-3)17(11-13)28-4/h7-8,11-12,14-15H,5-6,9-10H2,1-4H3,(H,20,22)(H,23,24). The number of carbonyl (C=O) groups excluding carboxylic acids is 1. The van der Waals surface area contributed by atoms with Crippen molar-refractivity contribution in [3.8, 4) is 11.5 Å². The van der Waals surface area contributed by atoms with Crippen LogP contribution in [0.5, 0.6) is 11.5 Å². The lowest BCUT2D eigenvalue weighted by Crippen LogP contribution is -2.51. The molecule has 2 unspecified atom stereocenters. The minimum absolute atomic E-state index is 0.0215. The Morgan fingerprint density at radius 2 is 1.90 bits per heavy atom. The Bertz CT molecular complexity index is 854. The molecule has 29 heavy (non-hydrogen) atoms. The van der Waals surface area contributed by atoms with Crippen LogP contribution in [0, 0.1) is 5.92 Å². The van der Waals surface area contributed by atoms with Gasteiger partial charge in [0.25, 0.3) is 0 Å². The van der Waals surface area contributed by atoms with Gasteiger partial charge in [0, 0.05) is 12.6 Å². The second-order valence-corrected chi connectivity index (χ2v) is 9.21. The molecule has 1 saturated heterocycles. The highest BCUT2D eigenvalue weighted by Gasteiger charge is 2.40. The second kappa shape index (κ2) is 9.45. The van der Waals surface area contributed by atoms with Gasteiger partial charge in [-0.05, 0) is 37.3 Å². The molecule has 0 radical (unpaired) electrons. The SMILES string of the molecule is COc1ccc(S(=O)(=O)N2CCCC2C(=O)NC(CC(C)C)C(=O)O)cc1OC. The number of amides is 1. The van der Waals surface area contributed by atoms with E-state index in [0.29, 0.717) is 18.6 Å². The first-order valence-electron chi connectivity index (χ1n) is 9.38. The van der Waals surface area contributed by atoms with Crippen molar-refractivity contribution in [1.29, 1.82) is 0 Å². The quantitative estimate of drug-likeness (QED) is 0.611. The van der Waals surface area contributed by atoms with E-state index in [9.17, 15) is 23.1 Å². The molecule has 1 fully saturated rings. The number of hydrogen-bond acceptors (Lipinski definition) is 6. The average molecular weight is 429 g/mol. The van der Waals surface area contributed by atoms with Gasteiger partial charge >= 0.3 is 5.97 Å². The number of nitrogens with one attached hydrogen (secondary N) is 1. The first-order chi connectivity index (χ1) is 13.6. The van der Waals surface area contributed by atoms with Crippen molar-refractivity contribution in [3.63, 3.8) is 0 Å². The predicted molar refractivity (Wildman–Crippen MR) is 105 cm³/mol. The zero-order valence-corrected chi connectivity index (χ0v) is 17.9. The van der Waals surface area contributed by atoms with Gasteiger partial charge in [-0.2, -0.15) is 4.31 Å². The molecule has 2 atom stereocenters. The Morgan fingerprint density at radius 3 is 2.45 bits per heavy atom. The number of ether oxygens (including phenoxy) is 2. The molecule has 162 valence electrons. The van der Waals surface area contributed by atoms with Crippen LogP contribution in [0.25, 0.3) is 0 Å². The van der Waals surface area contributed by atoms with Crippen molar-refractivity contribution >= 4 is 21.9 Å². The molecule has 2 rings (SSSR count). The molecule has 0 aliphatic carbocycles. The molecule has 2 N–H and O–H groups in total. The number of rotatable bonds is 9. The largest absolute Gasteiger partial charge is 0.493 e. The van der Waals surface area contributed by atoms with E-state index in [2.05, 4.69) is 5.32 Å². The fourth-order valence-electron chi connectivity index (χ4n) is 3.36. The normalized spacial score (nSPS) is 18.4. The topological polar surface area (TPSA) is 122 Å². The molecule has 1 aliphatic rings. The van der Waals surface area contributed by atoms with Gasteiger partial charge in [-0.15, -0.1) is 0 Å². The van der Waals surface area contributed by atoms with Crippen molar-refractivity contribution in [2.45, 2.75) is 50.1 Å². The predicted octanol–water partition coefficient (Wildman–Crippen LogP) is 1.47. The summed E-state index contributed by atoms with van der Waals surface area (Å²) in [6.07, 6.45) is 1.09. The van der Waals surface area contributed by atoms with Crippen LogP contribution in [0.1, 0.15) is 33.1 Å². The van der Waals surface area contributed by atoms with Gasteiger partial charge in [0.15, 0.2) is 11.5 Å². The molecule has 0 spiro atoms. The third kappa shape index (κ3) is 5.18. The van der Waals surface area contributed by atoms with Crippen molar-refractivity contribution in [1.82, 2.24) is 9.62 Å². The molecule has 1 aromatic carbocycles. The Morgan fingerprint density at radius 1 is 1.24 bits per heavy atom. The Balaban J connectivity index is 2.27. The molecule has 0 saturated carbocycles. The molecule has 0 aromatic heterocycles. The summed E-state index contributed by atoms with van der Waals surface area (Å²) >= 11 is 0. The van der Waals surface area contributed by atoms with Crippen molar-refractivity contribution < 1.29 is 32.6 Å². The van der Waals surface area contributed by atoms with E-state index in [1.165, 1.54) is 32.4 Å². The molecular weight excluding hydrogens is 400 g/mol. The Hall–Kier alpha value is -2.33. The zero-order chi connectivity index (χ0) is 21.8.